The lowest BCUT2D eigenvalue weighted by Crippen LogP contribution is -2.31. The maximum atomic E-state index is 13.4. The van der Waals surface area contributed by atoms with Gasteiger partial charge in [0.2, 0.25) is 5.91 Å². The molecule has 0 bridgehead atoms. The quantitative estimate of drug-likeness (QED) is 0.854. The molecule has 1 aromatic carbocycles. The second kappa shape index (κ2) is 6.61. The van der Waals surface area contributed by atoms with Gasteiger partial charge in [0.15, 0.2) is 11.6 Å². The van der Waals surface area contributed by atoms with Crippen LogP contribution in [0.3, 0.4) is 0 Å². The molecule has 0 spiro atoms. The molecule has 104 valence electrons. The summed E-state index contributed by atoms with van der Waals surface area (Å²) in [6.45, 7) is 1.60. The van der Waals surface area contributed by atoms with Crippen LogP contribution in [-0.4, -0.2) is 25.0 Å². The molecule has 1 aliphatic rings. The van der Waals surface area contributed by atoms with Gasteiger partial charge in [-0.2, -0.15) is 0 Å². The molecule has 0 aromatic heterocycles. The molecule has 5 heteroatoms. The third-order valence-electron chi connectivity index (χ3n) is 3.36. The van der Waals surface area contributed by atoms with E-state index in [1.165, 1.54) is 18.6 Å². The first-order valence-corrected chi connectivity index (χ1v) is 6.60. The summed E-state index contributed by atoms with van der Waals surface area (Å²) < 4.78 is 26.3. The van der Waals surface area contributed by atoms with Crippen molar-refractivity contribution >= 4 is 5.91 Å². The molecule has 0 radical (unpaired) electrons. The average molecular weight is 268 g/mol. The van der Waals surface area contributed by atoms with E-state index in [-0.39, 0.29) is 17.9 Å². The molecule has 0 saturated carbocycles. The molecule has 1 amide bonds. The van der Waals surface area contributed by atoms with Gasteiger partial charge in [0.05, 0.1) is 6.42 Å². The summed E-state index contributed by atoms with van der Waals surface area (Å²) in [5.41, 5.74) is 0.0940. The molecule has 0 aliphatic carbocycles. The first kappa shape index (κ1) is 13.9. The van der Waals surface area contributed by atoms with E-state index >= 15 is 0 Å². The Bertz CT molecular complexity index is 445. The Balaban J connectivity index is 1.76. The second-order valence-corrected chi connectivity index (χ2v) is 4.82. The van der Waals surface area contributed by atoms with Crippen LogP contribution in [0.1, 0.15) is 24.8 Å². The maximum absolute atomic E-state index is 13.4. The van der Waals surface area contributed by atoms with Crippen molar-refractivity contribution in [2.45, 2.75) is 31.7 Å². The highest BCUT2D eigenvalue weighted by Gasteiger charge is 2.14. The first-order valence-electron chi connectivity index (χ1n) is 6.60. The molecule has 2 N–H and O–H groups in total. The summed E-state index contributed by atoms with van der Waals surface area (Å²) in [5, 5.41) is 6.07. The number of amides is 1. The Labute approximate surface area is 111 Å². The topological polar surface area (TPSA) is 41.1 Å². The van der Waals surface area contributed by atoms with Crippen molar-refractivity contribution in [3.63, 3.8) is 0 Å². The van der Waals surface area contributed by atoms with Gasteiger partial charge in [-0.15, -0.1) is 0 Å². The van der Waals surface area contributed by atoms with Gasteiger partial charge in [-0.3, -0.25) is 4.79 Å². The van der Waals surface area contributed by atoms with E-state index in [0.717, 1.165) is 25.5 Å². The number of rotatable bonds is 5. The van der Waals surface area contributed by atoms with Crippen molar-refractivity contribution in [3.05, 3.63) is 35.4 Å². The Morgan fingerprint density at radius 1 is 1.42 bits per heavy atom. The summed E-state index contributed by atoms with van der Waals surface area (Å²) in [5.74, 6) is -2.13. The minimum atomic E-state index is -0.935. The Kier molecular flexibility index (Phi) is 4.85. The standard InChI is InChI=1S/C14H18F2N2O/c15-12-5-1-3-10(14(12)16)9-13(19)18-8-6-11-4-2-7-17-11/h1,3,5,11,17H,2,4,6-9H2,(H,18,19)/t11-/m1/s1. The molecule has 1 aromatic rings. The van der Waals surface area contributed by atoms with Crippen molar-refractivity contribution in [1.82, 2.24) is 10.6 Å². The zero-order chi connectivity index (χ0) is 13.7. The van der Waals surface area contributed by atoms with Crippen LogP contribution in [0.2, 0.25) is 0 Å². The minimum Gasteiger partial charge on any atom is -0.356 e. The minimum absolute atomic E-state index is 0.0940. The Hall–Kier alpha value is -1.49. The summed E-state index contributed by atoms with van der Waals surface area (Å²) in [7, 11) is 0. The molecule has 19 heavy (non-hydrogen) atoms. The Morgan fingerprint density at radius 2 is 2.26 bits per heavy atom. The number of carbonyl (C=O) groups is 1. The van der Waals surface area contributed by atoms with Gasteiger partial charge in [-0.05, 0) is 31.9 Å². The highest BCUT2D eigenvalue weighted by Crippen LogP contribution is 2.12. The van der Waals surface area contributed by atoms with Gasteiger partial charge in [-0.25, -0.2) is 8.78 Å². The average Bonchev–Trinajstić information content (AvgIpc) is 2.88. The van der Waals surface area contributed by atoms with Crippen molar-refractivity contribution in [2.24, 2.45) is 0 Å². The fourth-order valence-electron chi connectivity index (χ4n) is 2.31. The molecule has 1 atom stereocenters. The molecule has 3 nitrogen and oxygen atoms in total. The maximum Gasteiger partial charge on any atom is 0.224 e. The number of nitrogens with one attached hydrogen (secondary N) is 2. The van der Waals surface area contributed by atoms with Crippen molar-refractivity contribution < 1.29 is 13.6 Å². The third kappa shape index (κ3) is 3.99. The van der Waals surface area contributed by atoms with E-state index < -0.39 is 11.6 Å². The summed E-state index contributed by atoms with van der Waals surface area (Å²) in [6, 6.07) is 4.34. The number of hydrogen-bond donors (Lipinski definition) is 2. The zero-order valence-corrected chi connectivity index (χ0v) is 10.7. The number of carbonyl (C=O) groups excluding carboxylic acids is 1. The Morgan fingerprint density at radius 3 is 3.00 bits per heavy atom. The van der Waals surface area contributed by atoms with E-state index in [9.17, 15) is 13.6 Å². The lowest BCUT2D eigenvalue weighted by Gasteiger charge is -2.11. The fourth-order valence-corrected chi connectivity index (χ4v) is 2.31. The molecule has 1 heterocycles. The smallest absolute Gasteiger partial charge is 0.224 e. The van der Waals surface area contributed by atoms with Crippen molar-refractivity contribution in [3.8, 4) is 0 Å². The van der Waals surface area contributed by atoms with Crippen LogP contribution in [0.15, 0.2) is 18.2 Å². The van der Waals surface area contributed by atoms with Gasteiger partial charge in [0.25, 0.3) is 0 Å². The lowest BCUT2D eigenvalue weighted by atomic mass is 10.1. The lowest BCUT2D eigenvalue weighted by molar-refractivity contribution is -0.120. The van der Waals surface area contributed by atoms with Gasteiger partial charge in [0.1, 0.15) is 0 Å². The van der Waals surface area contributed by atoms with Gasteiger partial charge in [0, 0.05) is 18.2 Å². The summed E-state index contributed by atoms with van der Waals surface area (Å²) >= 11 is 0. The number of hydrogen-bond acceptors (Lipinski definition) is 2. The molecule has 0 unspecified atom stereocenters. The molecule has 1 saturated heterocycles. The van der Waals surface area contributed by atoms with Crippen LogP contribution in [-0.2, 0) is 11.2 Å². The van der Waals surface area contributed by atoms with Crippen molar-refractivity contribution in [1.29, 1.82) is 0 Å². The van der Waals surface area contributed by atoms with Crippen LogP contribution in [0, 0.1) is 11.6 Å². The molecular weight excluding hydrogens is 250 g/mol. The van der Waals surface area contributed by atoms with E-state index in [0.29, 0.717) is 12.6 Å². The SMILES string of the molecule is O=C(Cc1cccc(F)c1F)NCC[C@H]1CCCN1. The molecule has 2 rings (SSSR count). The second-order valence-electron chi connectivity index (χ2n) is 4.82. The predicted octanol–water partition coefficient (Wildman–Crippen LogP) is 1.77. The fraction of sp³-hybridized carbons (Fsp3) is 0.500. The summed E-state index contributed by atoms with van der Waals surface area (Å²) in [6.07, 6.45) is 3.06. The van der Waals surface area contributed by atoms with Crippen LogP contribution >= 0.6 is 0 Å². The zero-order valence-electron chi connectivity index (χ0n) is 10.7. The van der Waals surface area contributed by atoms with Crippen molar-refractivity contribution in [2.75, 3.05) is 13.1 Å². The van der Waals surface area contributed by atoms with E-state index in [2.05, 4.69) is 10.6 Å². The molecular formula is C14H18F2N2O. The monoisotopic (exact) mass is 268 g/mol. The largest absolute Gasteiger partial charge is 0.356 e. The predicted molar refractivity (Wildman–Crippen MR) is 68.7 cm³/mol. The van der Waals surface area contributed by atoms with Crippen LogP contribution in [0.5, 0.6) is 0 Å². The highest BCUT2D eigenvalue weighted by atomic mass is 19.2. The van der Waals surface area contributed by atoms with E-state index in [1.54, 1.807) is 0 Å². The van der Waals surface area contributed by atoms with Crippen LogP contribution in [0.25, 0.3) is 0 Å². The van der Waals surface area contributed by atoms with Gasteiger partial charge < -0.3 is 10.6 Å². The summed E-state index contributed by atoms with van der Waals surface area (Å²) in [4.78, 5) is 11.6. The first-order chi connectivity index (χ1) is 9.16. The van der Waals surface area contributed by atoms with Crippen LogP contribution in [0.4, 0.5) is 8.78 Å². The van der Waals surface area contributed by atoms with Gasteiger partial charge >= 0.3 is 0 Å². The van der Waals surface area contributed by atoms with Crippen LogP contribution < -0.4 is 10.6 Å². The number of benzene rings is 1. The normalized spacial score (nSPS) is 18.5. The third-order valence-corrected chi connectivity index (χ3v) is 3.36. The van der Waals surface area contributed by atoms with E-state index in [1.807, 2.05) is 0 Å². The number of halogens is 2. The highest BCUT2D eigenvalue weighted by molar-refractivity contribution is 5.78. The van der Waals surface area contributed by atoms with Gasteiger partial charge in [-0.1, -0.05) is 12.1 Å². The molecule has 1 fully saturated rings. The van der Waals surface area contributed by atoms with E-state index in [4.69, 9.17) is 0 Å². The molecule has 1 aliphatic heterocycles.